The largest absolute Gasteiger partial charge is 0.415 e. The van der Waals surface area contributed by atoms with Gasteiger partial charge in [-0.15, -0.1) is 0 Å². The molecule has 0 aliphatic carbocycles. The quantitative estimate of drug-likeness (QED) is 0.475. The van der Waals surface area contributed by atoms with E-state index >= 15 is 0 Å². The van der Waals surface area contributed by atoms with Crippen LogP contribution in [0.4, 0.5) is 0 Å². The van der Waals surface area contributed by atoms with E-state index in [1.165, 1.54) is 12.8 Å². The third-order valence-electron chi connectivity index (χ3n) is 3.76. The summed E-state index contributed by atoms with van der Waals surface area (Å²) >= 11 is 0. The minimum atomic E-state index is -2.24. The van der Waals surface area contributed by atoms with Crippen LogP contribution in [-0.2, 0) is 17.1 Å². The van der Waals surface area contributed by atoms with Crippen molar-refractivity contribution < 1.29 is 17.1 Å². The highest BCUT2D eigenvalue weighted by atomic mass is 28.5. The average Bonchev–Trinajstić information content (AvgIpc) is 2.42. The summed E-state index contributed by atoms with van der Waals surface area (Å²) < 4.78 is 24.4. The zero-order valence-electron chi connectivity index (χ0n) is 15.4. The Kier molecular flexibility index (Phi) is 9.81. The van der Waals surface area contributed by atoms with Gasteiger partial charge in [-0.3, -0.25) is 0 Å². The van der Waals surface area contributed by atoms with Crippen LogP contribution in [0.15, 0.2) is 0 Å². The standard InChI is InChI=1S/C14H36O4Si3/c1-9-11-13-20(7,15-3)17-19(5,6)18-21(8,16-4)14-12-10-2/h9-14H2,1-8H3. The Balaban J connectivity index is 4.77. The molecule has 2 unspecified atom stereocenters. The van der Waals surface area contributed by atoms with Gasteiger partial charge in [0.2, 0.25) is 0 Å². The third-order valence-corrected chi connectivity index (χ3v) is 15.4. The van der Waals surface area contributed by atoms with Crippen molar-refractivity contribution in [3.8, 4) is 0 Å². The van der Waals surface area contributed by atoms with Crippen LogP contribution < -0.4 is 0 Å². The second-order valence-electron chi connectivity index (χ2n) is 6.49. The lowest BCUT2D eigenvalue weighted by molar-refractivity contribution is 0.239. The first-order chi connectivity index (χ1) is 9.66. The van der Waals surface area contributed by atoms with E-state index in [0.29, 0.717) is 0 Å². The molecule has 21 heavy (non-hydrogen) atoms. The van der Waals surface area contributed by atoms with Gasteiger partial charge in [-0.2, -0.15) is 0 Å². The van der Waals surface area contributed by atoms with E-state index in [2.05, 4.69) is 40.0 Å². The Morgan fingerprint density at radius 1 is 0.667 bits per heavy atom. The van der Waals surface area contributed by atoms with Crippen LogP contribution >= 0.6 is 0 Å². The maximum Gasteiger partial charge on any atom is 0.325 e. The van der Waals surface area contributed by atoms with Gasteiger partial charge in [-0.05, 0) is 38.3 Å². The maximum atomic E-state index is 6.44. The third kappa shape index (κ3) is 8.63. The summed E-state index contributed by atoms with van der Waals surface area (Å²) in [4.78, 5) is 0. The number of hydrogen-bond donors (Lipinski definition) is 0. The Hall–Kier alpha value is 0.491. The fourth-order valence-electron chi connectivity index (χ4n) is 2.45. The van der Waals surface area contributed by atoms with E-state index in [4.69, 9.17) is 17.1 Å². The molecular weight excluding hydrogens is 316 g/mol. The summed E-state index contributed by atoms with van der Waals surface area (Å²) in [6, 6.07) is 2.06. The minimum absolute atomic E-state index is 1.03. The van der Waals surface area contributed by atoms with Crippen LogP contribution in [0.2, 0.25) is 38.3 Å². The van der Waals surface area contributed by atoms with Crippen molar-refractivity contribution >= 4 is 25.7 Å². The van der Waals surface area contributed by atoms with Crippen molar-refractivity contribution in [2.45, 2.75) is 77.8 Å². The Morgan fingerprint density at radius 3 is 1.24 bits per heavy atom. The van der Waals surface area contributed by atoms with Crippen LogP contribution in [0, 0.1) is 0 Å². The van der Waals surface area contributed by atoms with E-state index in [-0.39, 0.29) is 0 Å². The van der Waals surface area contributed by atoms with Crippen molar-refractivity contribution in [2.75, 3.05) is 14.2 Å². The first-order valence-corrected chi connectivity index (χ1v) is 16.0. The minimum Gasteiger partial charge on any atom is -0.415 e. The lowest BCUT2D eigenvalue weighted by atomic mass is 10.4. The molecule has 0 bridgehead atoms. The molecule has 0 aromatic carbocycles. The molecule has 0 rings (SSSR count). The molecule has 2 atom stereocenters. The van der Waals surface area contributed by atoms with Crippen molar-refractivity contribution in [3.05, 3.63) is 0 Å². The summed E-state index contributed by atoms with van der Waals surface area (Å²) in [5.74, 6) is 0. The van der Waals surface area contributed by atoms with Gasteiger partial charge in [0.25, 0.3) is 0 Å². The van der Waals surface area contributed by atoms with Gasteiger partial charge in [0, 0.05) is 14.2 Å². The predicted molar refractivity (Wildman–Crippen MR) is 96.3 cm³/mol. The van der Waals surface area contributed by atoms with Gasteiger partial charge in [0.1, 0.15) is 0 Å². The molecule has 0 amide bonds. The highest BCUT2D eigenvalue weighted by Gasteiger charge is 2.44. The van der Waals surface area contributed by atoms with Crippen LogP contribution in [0.3, 0.4) is 0 Å². The monoisotopic (exact) mass is 352 g/mol. The summed E-state index contributed by atoms with van der Waals surface area (Å²) in [5, 5.41) is 0. The topological polar surface area (TPSA) is 36.9 Å². The molecule has 0 heterocycles. The first-order valence-electron chi connectivity index (χ1n) is 8.16. The predicted octanol–water partition coefficient (Wildman–Crippen LogP) is 4.76. The fraction of sp³-hybridized carbons (Fsp3) is 1.00. The molecule has 0 aliphatic rings. The SMILES string of the molecule is CCCC[Si](C)(OC)O[Si](C)(C)O[Si](C)(CCCC)OC. The van der Waals surface area contributed by atoms with Crippen LogP contribution in [0.25, 0.3) is 0 Å². The van der Waals surface area contributed by atoms with Gasteiger partial charge in [-0.25, -0.2) is 0 Å². The van der Waals surface area contributed by atoms with E-state index in [9.17, 15) is 0 Å². The van der Waals surface area contributed by atoms with Gasteiger partial charge in [0.05, 0.1) is 0 Å². The average molecular weight is 353 g/mol. The molecule has 0 N–H and O–H groups in total. The fourth-order valence-corrected chi connectivity index (χ4v) is 15.2. The van der Waals surface area contributed by atoms with Crippen molar-refractivity contribution in [3.63, 3.8) is 0 Å². The first kappa shape index (κ1) is 21.5. The second-order valence-corrected chi connectivity index (χ2v) is 17.3. The van der Waals surface area contributed by atoms with E-state index in [1.807, 2.05) is 0 Å². The Bertz CT molecular complexity index is 265. The molecule has 0 radical (unpaired) electrons. The molecule has 0 spiro atoms. The van der Waals surface area contributed by atoms with Gasteiger partial charge < -0.3 is 17.1 Å². The summed E-state index contributed by atoms with van der Waals surface area (Å²) in [6.45, 7) is 12.9. The second kappa shape index (κ2) is 9.59. The zero-order chi connectivity index (χ0) is 16.6. The smallest absolute Gasteiger partial charge is 0.325 e. The Labute approximate surface area is 135 Å². The molecule has 0 saturated carbocycles. The molecule has 4 nitrogen and oxygen atoms in total. The summed E-state index contributed by atoms with van der Waals surface area (Å²) in [6.07, 6.45) is 4.63. The van der Waals surface area contributed by atoms with Crippen molar-refractivity contribution in [1.29, 1.82) is 0 Å². The normalized spacial score (nSPS) is 18.3. The Morgan fingerprint density at radius 2 is 1.00 bits per heavy atom. The molecule has 0 fully saturated rings. The molecule has 7 heteroatoms. The molecule has 0 aromatic rings. The lowest BCUT2D eigenvalue weighted by Gasteiger charge is -2.39. The van der Waals surface area contributed by atoms with Crippen LogP contribution in [0.5, 0.6) is 0 Å². The van der Waals surface area contributed by atoms with E-state index in [1.54, 1.807) is 14.2 Å². The maximum absolute atomic E-state index is 6.44. The molecular formula is C14H36O4Si3. The van der Waals surface area contributed by atoms with Crippen molar-refractivity contribution in [2.24, 2.45) is 0 Å². The zero-order valence-corrected chi connectivity index (χ0v) is 18.4. The van der Waals surface area contributed by atoms with Gasteiger partial charge >= 0.3 is 25.7 Å². The van der Waals surface area contributed by atoms with Crippen molar-refractivity contribution in [1.82, 2.24) is 0 Å². The molecule has 128 valence electrons. The van der Waals surface area contributed by atoms with E-state index in [0.717, 1.165) is 24.9 Å². The van der Waals surface area contributed by atoms with Crippen LogP contribution in [0.1, 0.15) is 39.5 Å². The number of rotatable bonds is 12. The van der Waals surface area contributed by atoms with E-state index < -0.39 is 25.7 Å². The highest BCUT2D eigenvalue weighted by molar-refractivity contribution is 6.85. The molecule has 0 saturated heterocycles. The van der Waals surface area contributed by atoms with Gasteiger partial charge in [-0.1, -0.05) is 39.5 Å². The lowest BCUT2D eigenvalue weighted by Crippen LogP contribution is -2.55. The molecule has 0 aliphatic heterocycles. The number of unbranched alkanes of at least 4 members (excludes halogenated alkanes) is 2. The van der Waals surface area contributed by atoms with Crippen LogP contribution in [-0.4, -0.2) is 39.9 Å². The number of hydrogen-bond acceptors (Lipinski definition) is 4. The highest BCUT2D eigenvalue weighted by Crippen LogP contribution is 2.27. The summed E-state index contributed by atoms with van der Waals surface area (Å²) in [7, 11) is -2.93. The van der Waals surface area contributed by atoms with Gasteiger partial charge in [0.15, 0.2) is 0 Å². The summed E-state index contributed by atoms with van der Waals surface area (Å²) in [5.41, 5.74) is 0. The molecule has 0 aromatic heterocycles.